The smallest absolute Gasteiger partial charge is 0.236 e. The van der Waals surface area contributed by atoms with Crippen molar-refractivity contribution in [1.29, 1.82) is 0 Å². The Labute approximate surface area is 99.8 Å². The highest BCUT2D eigenvalue weighted by Gasteiger charge is 2.16. The number of rotatable bonds is 8. The van der Waals surface area contributed by atoms with Gasteiger partial charge in [-0.25, -0.2) is 0 Å². The zero-order valence-corrected chi connectivity index (χ0v) is 11.2. The quantitative estimate of drug-likeness (QED) is 0.673. The third-order valence-electron chi connectivity index (χ3n) is 3.07. The number of likely N-dealkylation sites (N-methyl/N-ethyl adjacent to an activating group) is 2. The van der Waals surface area contributed by atoms with Crippen LogP contribution in [0.25, 0.3) is 0 Å². The molecule has 0 radical (unpaired) electrons. The van der Waals surface area contributed by atoms with Gasteiger partial charge in [-0.2, -0.15) is 0 Å². The van der Waals surface area contributed by atoms with Gasteiger partial charge in [0.25, 0.3) is 0 Å². The predicted molar refractivity (Wildman–Crippen MR) is 68.3 cm³/mol. The van der Waals surface area contributed by atoms with Crippen LogP contribution in [-0.4, -0.2) is 55.5 Å². The summed E-state index contributed by atoms with van der Waals surface area (Å²) < 4.78 is 0. The standard InChI is InChI=1S/C12H27N3O/c1-5-11(6-2)15(4)10-12(16)14(3)9-7-8-13/h11H,5-10,13H2,1-4H3. The SMILES string of the molecule is CCC(CC)N(C)CC(=O)N(C)CCCN. The molecular formula is C12H27N3O. The minimum atomic E-state index is 0.183. The molecule has 1 amide bonds. The van der Waals surface area contributed by atoms with Gasteiger partial charge in [-0.15, -0.1) is 0 Å². The summed E-state index contributed by atoms with van der Waals surface area (Å²) in [6.45, 7) is 6.22. The Morgan fingerprint density at radius 1 is 1.25 bits per heavy atom. The minimum Gasteiger partial charge on any atom is -0.345 e. The van der Waals surface area contributed by atoms with Crippen LogP contribution in [0, 0.1) is 0 Å². The van der Waals surface area contributed by atoms with Crippen LogP contribution in [0.1, 0.15) is 33.1 Å². The second-order valence-electron chi connectivity index (χ2n) is 4.34. The lowest BCUT2D eigenvalue weighted by Gasteiger charge is -2.27. The van der Waals surface area contributed by atoms with Gasteiger partial charge in [-0.1, -0.05) is 13.8 Å². The molecule has 0 unspecified atom stereocenters. The first-order valence-corrected chi connectivity index (χ1v) is 6.21. The zero-order chi connectivity index (χ0) is 12.6. The topological polar surface area (TPSA) is 49.6 Å². The fourth-order valence-electron chi connectivity index (χ4n) is 1.83. The van der Waals surface area contributed by atoms with Crippen molar-refractivity contribution in [2.75, 3.05) is 33.7 Å². The molecule has 0 aromatic heterocycles. The van der Waals surface area contributed by atoms with Crippen LogP contribution >= 0.6 is 0 Å². The Hall–Kier alpha value is -0.610. The summed E-state index contributed by atoms with van der Waals surface area (Å²) in [5.41, 5.74) is 5.42. The van der Waals surface area contributed by atoms with Crippen LogP contribution in [0.2, 0.25) is 0 Å². The minimum absolute atomic E-state index is 0.183. The third kappa shape index (κ3) is 5.47. The van der Waals surface area contributed by atoms with Gasteiger partial charge in [0, 0.05) is 19.6 Å². The molecule has 0 rings (SSSR count). The van der Waals surface area contributed by atoms with Crippen molar-refractivity contribution < 1.29 is 4.79 Å². The van der Waals surface area contributed by atoms with Crippen molar-refractivity contribution in [1.82, 2.24) is 9.80 Å². The Morgan fingerprint density at radius 3 is 2.25 bits per heavy atom. The van der Waals surface area contributed by atoms with Crippen molar-refractivity contribution in [3.8, 4) is 0 Å². The average molecular weight is 229 g/mol. The van der Waals surface area contributed by atoms with Gasteiger partial charge >= 0.3 is 0 Å². The van der Waals surface area contributed by atoms with E-state index in [0.717, 1.165) is 25.8 Å². The van der Waals surface area contributed by atoms with Gasteiger partial charge in [-0.3, -0.25) is 9.69 Å². The van der Waals surface area contributed by atoms with E-state index < -0.39 is 0 Å². The molecule has 0 saturated carbocycles. The van der Waals surface area contributed by atoms with Gasteiger partial charge in [0.2, 0.25) is 5.91 Å². The fraction of sp³-hybridized carbons (Fsp3) is 0.917. The van der Waals surface area contributed by atoms with E-state index >= 15 is 0 Å². The van der Waals surface area contributed by atoms with Crippen molar-refractivity contribution in [2.45, 2.75) is 39.2 Å². The molecule has 0 aromatic rings. The van der Waals surface area contributed by atoms with Crippen molar-refractivity contribution in [3.05, 3.63) is 0 Å². The molecular weight excluding hydrogens is 202 g/mol. The summed E-state index contributed by atoms with van der Waals surface area (Å²) in [5.74, 6) is 0.183. The second kappa shape index (κ2) is 8.53. The van der Waals surface area contributed by atoms with E-state index in [2.05, 4.69) is 18.7 Å². The first-order chi connectivity index (χ1) is 7.56. The molecule has 4 heteroatoms. The highest BCUT2D eigenvalue weighted by atomic mass is 16.2. The highest BCUT2D eigenvalue weighted by molar-refractivity contribution is 5.77. The molecule has 0 aromatic carbocycles. The van der Waals surface area contributed by atoms with Crippen LogP contribution in [0.3, 0.4) is 0 Å². The molecule has 16 heavy (non-hydrogen) atoms. The molecule has 0 bridgehead atoms. The molecule has 0 atom stereocenters. The van der Waals surface area contributed by atoms with Crippen LogP contribution < -0.4 is 5.73 Å². The van der Waals surface area contributed by atoms with Gasteiger partial charge in [0.15, 0.2) is 0 Å². The first-order valence-electron chi connectivity index (χ1n) is 6.21. The van der Waals surface area contributed by atoms with Crippen molar-refractivity contribution in [3.63, 3.8) is 0 Å². The maximum atomic E-state index is 11.8. The maximum Gasteiger partial charge on any atom is 0.236 e. The molecule has 0 heterocycles. The Bertz CT molecular complexity index is 193. The Morgan fingerprint density at radius 2 is 1.81 bits per heavy atom. The molecule has 0 aliphatic carbocycles. The predicted octanol–water partition coefficient (Wildman–Crippen LogP) is 0.914. The number of amides is 1. The van der Waals surface area contributed by atoms with Gasteiger partial charge in [0.05, 0.1) is 6.54 Å². The fourth-order valence-corrected chi connectivity index (χ4v) is 1.83. The normalized spacial score (nSPS) is 11.2. The molecule has 0 spiro atoms. The molecule has 0 aliphatic heterocycles. The van der Waals surface area contributed by atoms with Crippen molar-refractivity contribution >= 4 is 5.91 Å². The summed E-state index contributed by atoms with van der Waals surface area (Å²) in [6.07, 6.45) is 3.05. The highest BCUT2D eigenvalue weighted by Crippen LogP contribution is 2.05. The van der Waals surface area contributed by atoms with E-state index in [0.29, 0.717) is 19.1 Å². The number of hydrogen-bond acceptors (Lipinski definition) is 3. The summed E-state index contributed by atoms with van der Waals surface area (Å²) in [4.78, 5) is 15.7. The number of nitrogens with two attached hydrogens (primary N) is 1. The van der Waals surface area contributed by atoms with E-state index in [1.54, 1.807) is 4.90 Å². The lowest BCUT2D eigenvalue weighted by atomic mass is 10.1. The molecule has 0 aliphatic rings. The van der Waals surface area contributed by atoms with E-state index in [-0.39, 0.29) is 5.91 Å². The van der Waals surface area contributed by atoms with Crippen LogP contribution in [0.5, 0.6) is 0 Å². The summed E-state index contributed by atoms with van der Waals surface area (Å²) in [6, 6.07) is 0.506. The van der Waals surface area contributed by atoms with Gasteiger partial charge < -0.3 is 10.6 Å². The third-order valence-corrected chi connectivity index (χ3v) is 3.07. The van der Waals surface area contributed by atoms with Crippen LogP contribution in [-0.2, 0) is 4.79 Å². The Balaban J connectivity index is 4.01. The Kier molecular flexibility index (Phi) is 8.21. The number of hydrogen-bond donors (Lipinski definition) is 1. The molecule has 4 nitrogen and oxygen atoms in total. The van der Waals surface area contributed by atoms with Crippen LogP contribution in [0.4, 0.5) is 0 Å². The molecule has 0 saturated heterocycles. The lowest BCUT2D eigenvalue weighted by molar-refractivity contribution is -0.131. The molecule has 2 N–H and O–H groups in total. The number of carbonyl (C=O) groups is 1. The monoisotopic (exact) mass is 229 g/mol. The van der Waals surface area contributed by atoms with E-state index in [9.17, 15) is 4.79 Å². The second-order valence-corrected chi connectivity index (χ2v) is 4.34. The van der Waals surface area contributed by atoms with E-state index in [4.69, 9.17) is 5.73 Å². The van der Waals surface area contributed by atoms with Crippen LogP contribution in [0.15, 0.2) is 0 Å². The maximum absolute atomic E-state index is 11.8. The first kappa shape index (κ1) is 15.4. The zero-order valence-electron chi connectivity index (χ0n) is 11.2. The summed E-state index contributed by atoms with van der Waals surface area (Å²) in [5, 5.41) is 0. The number of carbonyl (C=O) groups excluding carboxylic acids is 1. The number of nitrogens with zero attached hydrogens (tertiary/aromatic N) is 2. The average Bonchev–Trinajstić information content (AvgIpc) is 2.27. The van der Waals surface area contributed by atoms with Gasteiger partial charge in [-0.05, 0) is 32.9 Å². The largest absolute Gasteiger partial charge is 0.345 e. The lowest BCUT2D eigenvalue weighted by Crippen LogP contribution is -2.41. The molecule has 0 fully saturated rings. The molecule has 96 valence electrons. The summed E-state index contributed by atoms with van der Waals surface area (Å²) >= 11 is 0. The van der Waals surface area contributed by atoms with Crippen molar-refractivity contribution in [2.24, 2.45) is 5.73 Å². The summed E-state index contributed by atoms with van der Waals surface area (Å²) in [7, 11) is 3.87. The van der Waals surface area contributed by atoms with E-state index in [1.807, 2.05) is 14.1 Å². The van der Waals surface area contributed by atoms with Gasteiger partial charge in [0.1, 0.15) is 0 Å². The van der Waals surface area contributed by atoms with E-state index in [1.165, 1.54) is 0 Å².